The van der Waals surface area contributed by atoms with Crippen molar-refractivity contribution in [3.8, 4) is 5.75 Å². The fourth-order valence-corrected chi connectivity index (χ4v) is 3.13. The van der Waals surface area contributed by atoms with Crippen molar-refractivity contribution in [2.24, 2.45) is 0 Å². The van der Waals surface area contributed by atoms with E-state index < -0.39 is 0 Å². The number of nitrogens with zero attached hydrogens (tertiary/aromatic N) is 2. The lowest BCUT2D eigenvalue weighted by atomic mass is 10.0. The normalized spacial score (nSPS) is 20.9. The lowest BCUT2D eigenvalue weighted by Crippen LogP contribution is -2.36. The third kappa shape index (κ3) is 4.19. The highest BCUT2D eigenvalue weighted by Crippen LogP contribution is 2.26. The molecule has 0 spiro atoms. The Morgan fingerprint density at radius 1 is 1.38 bits per heavy atom. The molecule has 21 heavy (non-hydrogen) atoms. The van der Waals surface area contributed by atoms with Crippen molar-refractivity contribution in [3.63, 3.8) is 0 Å². The topological polar surface area (TPSA) is 27.7 Å². The predicted octanol–water partition coefficient (Wildman–Crippen LogP) is 1.98. The van der Waals surface area contributed by atoms with Gasteiger partial charge in [0, 0.05) is 30.7 Å². The molecule has 4 heteroatoms. The van der Waals surface area contributed by atoms with Crippen LogP contribution in [0.5, 0.6) is 5.75 Å². The van der Waals surface area contributed by atoms with Gasteiger partial charge in [-0.25, -0.2) is 0 Å². The Kier molecular flexibility index (Phi) is 6.03. The van der Waals surface area contributed by atoms with Crippen LogP contribution in [0.1, 0.15) is 24.9 Å². The maximum Gasteiger partial charge on any atom is 0.123 e. The van der Waals surface area contributed by atoms with Crippen molar-refractivity contribution >= 4 is 0 Å². The van der Waals surface area contributed by atoms with Gasteiger partial charge >= 0.3 is 0 Å². The first kappa shape index (κ1) is 16.3. The molecular formula is C17H29N3O. The second-order valence-corrected chi connectivity index (χ2v) is 6.02. The Morgan fingerprint density at radius 3 is 2.76 bits per heavy atom. The average Bonchev–Trinajstić information content (AvgIpc) is 2.95. The van der Waals surface area contributed by atoms with Crippen LogP contribution in [0, 0.1) is 0 Å². The highest BCUT2D eigenvalue weighted by atomic mass is 16.5. The van der Waals surface area contributed by atoms with Crippen molar-refractivity contribution in [2.75, 3.05) is 47.4 Å². The summed E-state index contributed by atoms with van der Waals surface area (Å²) in [5, 5.41) is 3.61. The molecule has 2 unspecified atom stereocenters. The van der Waals surface area contributed by atoms with Gasteiger partial charge in [0.15, 0.2) is 0 Å². The van der Waals surface area contributed by atoms with Gasteiger partial charge in [0.2, 0.25) is 0 Å². The van der Waals surface area contributed by atoms with Crippen molar-refractivity contribution < 1.29 is 4.74 Å². The van der Waals surface area contributed by atoms with E-state index in [1.807, 2.05) is 12.1 Å². The van der Waals surface area contributed by atoms with Crippen LogP contribution < -0.4 is 10.1 Å². The first-order chi connectivity index (χ1) is 10.2. The number of likely N-dealkylation sites (tertiary alicyclic amines) is 1. The molecule has 1 fully saturated rings. The van der Waals surface area contributed by atoms with Gasteiger partial charge in [-0.1, -0.05) is 25.1 Å². The molecular weight excluding hydrogens is 262 g/mol. The molecule has 0 aliphatic carbocycles. The summed E-state index contributed by atoms with van der Waals surface area (Å²) in [6, 6.07) is 9.35. The highest BCUT2D eigenvalue weighted by molar-refractivity contribution is 5.36. The number of rotatable bonds is 7. The van der Waals surface area contributed by atoms with Crippen molar-refractivity contribution in [1.29, 1.82) is 0 Å². The minimum Gasteiger partial charge on any atom is -0.496 e. The Bertz CT molecular complexity index is 436. The van der Waals surface area contributed by atoms with Gasteiger partial charge in [-0.2, -0.15) is 0 Å². The zero-order valence-corrected chi connectivity index (χ0v) is 13.8. The molecule has 1 N–H and O–H groups in total. The fourth-order valence-electron chi connectivity index (χ4n) is 3.13. The van der Waals surface area contributed by atoms with Gasteiger partial charge < -0.3 is 15.0 Å². The van der Waals surface area contributed by atoms with Gasteiger partial charge in [-0.3, -0.25) is 4.90 Å². The Hall–Kier alpha value is -1.10. The van der Waals surface area contributed by atoms with E-state index in [0.29, 0.717) is 12.1 Å². The van der Waals surface area contributed by atoms with Crippen LogP contribution in [-0.2, 0) is 0 Å². The second kappa shape index (κ2) is 7.78. The predicted molar refractivity (Wildman–Crippen MR) is 87.9 cm³/mol. The van der Waals surface area contributed by atoms with E-state index in [1.54, 1.807) is 7.11 Å². The number of nitrogens with one attached hydrogen (secondary N) is 1. The first-order valence-electron chi connectivity index (χ1n) is 7.90. The Morgan fingerprint density at radius 2 is 2.14 bits per heavy atom. The molecule has 0 bridgehead atoms. The number of likely N-dealkylation sites (N-methyl/N-ethyl adjacent to an activating group) is 2. The molecule has 2 rings (SSSR count). The van der Waals surface area contributed by atoms with Crippen LogP contribution in [0.15, 0.2) is 24.3 Å². The third-order valence-corrected chi connectivity index (χ3v) is 4.38. The van der Waals surface area contributed by atoms with Crippen molar-refractivity contribution in [3.05, 3.63) is 29.8 Å². The highest BCUT2D eigenvalue weighted by Gasteiger charge is 2.26. The third-order valence-electron chi connectivity index (χ3n) is 4.38. The molecule has 0 radical (unpaired) electrons. The summed E-state index contributed by atoms with van der Waals surface area (Å²) in [5.41, 5.74) is 1.26. The standard InChI is InChI=1S/C17H29N3O/c1-5-18-16(15-8-6-7-9-17(15)21-4)13-20-11-10-14(12-20)19(2)3/h6-9,14,16,18H,5,10-13H2,1-4H3. The van der Waals surface area contributed by atoms with Crippen LogP contribution >= 0.6 is 0 Å². The van der Waals surface area contributed by atoms with Gasteiger partial charge in [-0.05, 0) is 39.7 Å². The smallest absolute Gasteiger partial charge is 0.123 e. The minimum absolute atomic E-state index is 0.326. The summed E-state index contributed by atoms with van der Waals surface area (Å²) >= 11 is 0. The molecule has 1 aromatic rings. The Labute approximate surface area is 129 Å². The van der Waals surface area contributed by atoms with Crippen LogP contribution in [0.3, 0.4) is 0 Å². The monoisotopic (exact) mass is 291 g/mol. The lowest BCUT2D eigenvalue weighted by Gasteiger charge is -2.27. The van der Waals surface area contributed by atoms with E-state index in [2.05, 4.69) is 48.3 Å². The zero-order chi connectivity index (χ0) is 15.2. The van der Waals surface area contributed by atoms with Gasteiger partial charge in [-0.15, -0.1) is 0 Å². The molecule has 1 heterocycles. The molecule has 1 aliphatic rings. The number of ether oxygens (including phenoxy) is 1. The van der Waals surface area contributed by atoms with E-state index in [4.69, 9.17) is 4.74 Å². The summed E-state index contributed by atoms with van der Waals surface area (Å²) in [6.07, 6.45) is 1.26. The molecule has 1 aromatic carbocycles. The van der Waals surface area contributed by atoms with Crippen LogP contribution in [0.4, 0.5) is 0 Å². The van der Waals surface area contributed by atoms with E-state index in [-0.39, 0.29) is 0 Å². The molecule has 118 valence electrons. The first-order valence-corrected chi connectivity index (χ1v) is 7.90. The molecule has 0 aromatic heterocycles. The lowest BCUT2D eigenvalue weighted by molar-refractivity contribution is 0.249. The zero-order valence-electron chi connectivity index (χ0n) is 13.8. The summed E-state index contributed by atoms with van der Waals surface area (Å²) < 4.78 is 5.53. The second-order valence-electron chi connectivity index (χ2n) is 6.02. The van der Waals surface area contributed by atoms with E-state index in [1.165, 1.54) is 18.5 Å². The minimum atomic E-state index is 0.326. The van der Waals surface area contributed by atoms with Crippen LogP contribution in [0.25, 0.3) is 0 Å². The molecule has 1 saturated heterocycles. The average molecular weight is 291 g/mol. The molecule has 2 atom stereocenters. The maximum atomic E-state index is 5.53. The summed E-state index contributed by atoms with van der Waals surface area (Å²) in [7, 11) is 6.10. The van der Waals surface area contributed by atoms with E-state index in [9.17, 15) is 0 Å². The van der Waals surface area contributed by atoms with Crippen molar-refractivity contribution in [2.45, 2.75) is 25.4 Å². The number of hydrogen-bond acceptors (Lipinski definition) is 4. The number of hydrogen-bond donors (Lipinski definition) is 1. The molecule has 1 aliphatic heterocycles. The van der Waals surface area contributed by atoms with Gasteiger partial charge in [0.05, 0.1) is 7.11 Å². The number of methoxy groups -OCH3 is 1. The van der Waals surface area contributed by atoms with E-state index in [0.717, 1.165) is 25.4 Å². The molecule has 0 saturated carbocycles. The quantitative estimate of drug-likeness (QED) is 0.831. The maximum absolute atomic E-state index is 5.53. The van der Waals surface area contributed by atoms with Crippen molar-refractivity contribution in [1.82, 2.24) is 15.1 Å². The van der Waals surface area contributed by atoms with Crippen LogP contribution in [0.2, 0.25) is 0 Å². The molecule has 4 nitrogen and oxygen atoms in total. The SMILES string of the molecule is CCNC(CN1CCC(N(C)C)C1)c1ccccc1OC. The number of para-hydroxylation sites is 1. The molecule has 0 amide bonds. The summed E-state index contributed by atoms with van der Waals surface area (Å²) in [4.78, 5) is 4.90. The van der Waals surface area contributed by atoms with E-state index >= 15 is 0 Å². The van der Waals surface area contributed by atoms with Gasteiger partial charge in [0.1, 0.15) is 5.75 Å². The summed E-state index contributed by atoms with van der Waals surface area (Å²) in [6.45, 7) is 6.51. The Balaban J connectivity index is 2.06. The van der Waals surface area contributed by atoms with Gasteiger partial charge in [0.25, 0.3) is 0 Å². The fraction of sp³-hybridized carbons (Fsp3) is 0.647. The number of benzene rings is 1. The van der Waals surface area contributed by atoms with Crippen LogP contribution in [-0.4, -0.2) is 63.2 Å². The largest absolute Gasteiger partial charge is 0.496 e. The summed E-state index contributed by atoms with van der Waals surface area (Å²) in [5.74, 6) is 0.979.